The number of amides is 1. The van der Waals surface area contributed by atoms with Crippen LogP contribution in [-0.2, 0) is 17.6 Å². The van der Waals surface area contributed by atoms with Crippen molar-refractivity contribution in [3.05, 3.63) is 34.9 Å². The minimum absolute atomic E-state index is 0.227. The molecule has 1 aromatic rings. The van der Waals surface area contributed by atoms with Crippen LogP contribution in [0, 0.1) is 0 Å². The number of nitrogens with one attached hydrogen (secondary N) is 1. The van der Waals surface area contributed by atoms with Gasteiger partial charge in [-0.15, -0.1) is 0 Å². The Balaban J connectivity index is 2.13. The number of hydrazine groups is 1. The number of rotatable bonds is 3. The summed E-state index contributed by atoms with van der Waals surface area (Å²) in [6.07, 6.45) is 5.03. The summed E-state index contributed by atoms with van der Waals surface area (Å²) in [5.74, 6) is 4.83. The van der Waals surface area contributed by atoms with Gasteiger partial charge in [0, 0.05) is 12.5 Å². The summed E-state index contributed by atoms with van der Waals surface area (Å²) in [5.41, 5.74) is 11.9. The van der Waals surface area contributed by atoms with Crippen LogP contribution in [0.25, 0.3) is 0 Å². The van der Waals surface area contributed by atoms with Crippen LogP contribution < -0.4 is 17.0 Å². The summed E-state index contributed by atoms with van der Waals surface area (Å²) in [7, 11) is 0. The Morgan fingerprint density at radius 1 is 1.29 bits per heavy atom. The predicted octanol–water partition coefficient (Wildman–Crippen LogP) is 0.945. The lowest BCUT2D eigenvalue weighted by atomic mass is 9.89. The summed E-state index contributed by atoms with van der Waals surface area (Å²) in [6.45, 7) is 0. The van der Waals surface area contributed by atoms with Gasteiger partial charge in [0.2, 0.25) is 5.91 Å². The molecule has 0 heterocycles. The third-order valence-electron chi connectivity index (χ3n) is 3.37. The highest BCUT2D eigenvalue weighted by Crippen LogP contribution is 2.25. The number of aryl methyl sites for hydroxylation is 2. The largest absolute Gasteiger partial charge is 0.324 e. The predicted molar refractivity (Wildman–Crippen MR) is 67.0 cm³/mol. The second-order valence-corrected chi connectivity index (χ2v) is 4.61. The van der Waals surface area contributed by atoms with Crippen molar-refractivity contribution in [1.29, 1.82) is 0 Å². The Bertz CT molecular complexity index is 417. The normalized spacial score (nSPS) is 16.1. The second-order valence-electron chi connectivity index (χ2n) is 4.61. The van der Waals surface area contributed by atoms with Crippen molar-refractivity contribution in [2.75, 3.05) is 0 Å². The van der Waals surface area contributed by atoms with Gasteiger partial charge in [-0.2, -0.15) is 0 Å². The number of fused-ring (bicyclic) bond motifs is 1. The molecule has 4 nitrogen and oxygen atoms in total. The summed E-state index contributed by atoms with van der Waals surface area (Å²) >= 11 is 0. The van der Waals surface area contributed by atoms with Gasteiger partial charge in [-0.25, -0.2) is 5.84 Å². The third kappa shape index (κ3) is 2.84. The van der Waals surface area contributed by atoms with Gasteiger partial charge in [0.25, 0.3) is 0 Å². The van der Waals surface area contributed by atoms with Crippen molar-refractivity contribution in [2.45, 2.75) is 38.1 Å². The Hall–Kier alpha value is -1.39. The van der Waals surface area contributed by atoms with Crippen molar-refractivity contribution in [3.63, 3.8) is 0 Å². The monoisotopic (exact) mass is 233 g/mol. The zero-order chi connectivity index (χ0) is 12.3. The molecule has 1 atom stereocenters. The first-order valence-electron chi connectivity index (χ1n) is 6.07. The number of hydrogen-bond acceptors (Lipinski definition) is 3. The van der Waals surface area contributed by atoms with E-state index in [0.29, 0.717) is 0 Å². The minimum atomic E-state index is -0.272. The van der Waals surface area contributed by atoms with E-state index < -0.39 is 0 Å². The van der Waals surface area contributed by atoms with E-state index >= 15 is 0 Å². The molecule has 4 heteroatoms. The summed E-state index contributed by atoms with van der Waals surface area (Å²) in [4.78, 5) is 11.2. The molecule has 0 spiro atoms. The van der Waals surface area contributed by atoms with E-state index in [1.54, 1.807) is 0 Å². The molecule has 0 bridgehead atoms. The zero-order valence-electron chi connectivity index (χ0n) is 9.91. The number of carbonyl (C=O) groups is 1. The highest BCUT2D eigenvalue weighted by Gasteiger charge is 2.14. The maximum Gasteiger partial charge on any atom is 0.235 e. The van der Waals surface area contributed by atoms with Crippen molar-refractivity contribution in [1.82, 2.24) is 5.43 Å². The molecule has 5 N–H and O–H groups in total. The van der Waals surface area contributed by atoms with Crippen LogP contribution in [-0.4, -0.2) is 5.91 Å². The van der Waals surface area contributed by atoms with Gasteiger partial charge < -0.3 is 5.73 Å². The number of carbonyl (C=O) groups excluding carboxylic acids is 1. The minimum Gasteiger partial charge on any atom is -0.324 e. The van der Waals surface area contributed by atoms with Crippen molar-refractivity contribution < 1.29 is 4.79 Å². The van der Waals surface area contributed by atoms with E-state index in [1.165, 1.54) is 24.0 Å². The quantitative estimate of drug-likeness (QED) is 0.413. The Morgan fingerprint density at radius 3 is 2.71 bits per heavy atom. The summed E-state index contributed by atoms with van der Waals surface area (Å²) in [6, 6.07) is 6.04. The van der Waals surface area contributed by atoms with E-state index in [4.69, 9.17) is 11.6 Å². The zero-order valence-corrected chi connectivity index (χ0v) is 9.91. The molecule has 0 saturated carbocycles. The summed E-state index contributed by atoms with van der Waals surface area (Å²) < 4.78 is 0. The van der Waals surface area contributed by atoms with E-state index in [0.717, 1.165) is 18.4 Å². The molecule has 1 aliphatic carbocycles. The molecule has 0 radical (unpaired) electrons. The Morgan fingerprint density at radius 2 is 2.00 bits per heavy atom. The third-order valence-corrected chi connectivity index (χ3v) is 3.37. The molecule has 92 valence electrons. The van der Waals surface area contributed by atoms with Crippen LogP contribution in [0.3, 0.4) is 0 Å². The average Bonchev–Trinajstić information content (AvgIpc) is 2.38. The Kier molecular flexibility index (Phi) is 3.76. The van der Waals surface area contributed by atoms with Gasteiger partial charge in [-0.05, 0) is 42.4 Å². The molecule has 0 aliphatic heterocycles. The number of nitrogens with two attached hydrogens (primary N) is 2. The molecular formula is C13H19N3O. The lowest BCUT2D eigenvalue weighted by Crippen LogP contribution is -2.32. The highest BCUT2D eigenvalue weighted by atomic mass is 16.2. The molecule has 0 saturated heterocycles. The van der Waals surface area contributed by atoms with Gasteiger partial charge >= 0.3 is 0 Å². The second kappa shape index (κ2) is 5.29. The standard InChI is InChI=1S/C13H19N3O/c14-12(8-13(17)16-15)11-6-5-9-3-1-2-4-10(9)7-11/h5-7,12H,1-4,8,14-15H2,(H,16,17). The van der Waals surface area contributed by atoms with E-state index in [1.807, 2.05) is 6.07 Å². The fourth-order valence-electron chi connectivity index (χ4n) is 2.36. The molecule has 1 amide bonds. The first-order valence-corrected chi connectivity index (χ1v) is 6.07. The first kappa shape index (κ1) is 12.1. The average molecular weight is 233 g/mol. The topological polar surface area (TPSA) is 81.1 Å². The van der Waals surface area contributed by atoms with Gasteiger partial charge in [0.05, 0.1) is 0 Å². The molecular weight excluding hydrogens is 214 g/mol. The molecule has 1 aliphatic rings. The van der Waals surface area contributed by atoms with Crippen LogP contribution in [0.15, 0.2) is 18.2 Å². The first-order chi connectivity index (χ1) is 8.20. The van der Waals surface area contributed by atoms with Crippen LogP contribution in [0.5, 0.6) is 0 Å². The Labute approximate surface area is 101 Å². The van der Waals surface area contributed by atoms with Gasteiger partial charge in [-0.1, -0.05) is 18.2 Å². The number of hydrogen-bond donors (Lipinski definition) is 3. The number of benzene rings is 1. The van der Waals surface area contributed by atoms with Crippen LogP contribution in [0.4, 0.5) is 0 Å². The fourth-order valence-corrected chi connectivity index (χ4v) is 2.36. The van der Waals surface area contributed by atoms with Gasteiger partial charge in [0.15, 0.2) is 0 Å². The van der Waals surface area contributed by atoms with E-state index in [9.17, 15) is 4.79 Å². The summed E-state index contributed by atoms with van der Waals surface area (Å²) in [5, 5.41) is 0. The SMILES string of the molecule is NNC(=O)CC(N)c1ccc2c(c1)CCCC2. The van der Waals surface area contributed by atoms with Crippen LogP contribution in [0.2, 0.25) is 0 Å². The van der Waals surface area contributed by atoms with Crippen LogP contribution in [0.1, 0.15) is 42.0 Å². The van der Waals surface area contributed by atoms with E-state index in [-0.39, 0.29) is 18.4 Å². The molecule has 0 aromatic heterocycles. The van der Waals surface area contributed by atoms with Gasteiger partial charge in [-0.3, -0.25) is 10.2 Å². The maximum absolute atomic E-state index is 11.2. The lowest BCUT2D eigenvalue weighted by molar-refractivity contribution is -0.121. The molecule has 1 aromatic carbocycles. The maximum atomic E-state index is 11.2. The van der Waals surface area contributed by atoms with Gasteiger partial charge in [0.1, 0.15) is 0 Å². The molecule has 17 heavy (non-hydrogen) atoms. The molecule has 2 rings (SSSR count). The molecule has 0 fully saturated rings. The fraction of sp³-hybridized carbons (Fsp3) is 0.462. The van der Waals surface area contributed by atoms with Crippen molar-refractivity contribution >= 4 is 5.91 Å². The van der Waals surface area contributed by atoms with E-state index in [2.05, 4.69) is 17.6 Å². The lowest BCUT2D eigenvalue weighted by Gasteiger charge is -2.18. The smallest absolute Gasteiger partial charge is 0.235 e. The van der Waals surface area contributed by atoms with Crippen molar-refractivity contribution in [3.8, 4) is 0 Å². The molecule has 1 unspecified atom stereocenters. The van der Waals surface area contributed by atoms with Crippen LogP contribution >= 0.6 is 0 Å². The highest BCUT2D eigenvalue weighted by molar-refractivity contribution is 5.76. The van der Waals surface area contributed by atoms with Crippen molar-refractivity contribution in [2.24, 2.45) is 11.6 Å².